The zero-order valence-electron chi connectivity index (χ0n) is 23.8. The smallest absolute Gasteiger partial charge is 0.255 e. The van der Waals surface area contributed by atoms with E-state index in [4.69, 9.17) is 15.3 Å². The van der Waals surface area contributed by atoms with Crippen molar-refractivity contribution in [3.8, 4) is 11.5 Å². The summed E-state index contributed by atoms with van der Waals surface area (Å²) in [6.45, 7) is 5.30. The average Bonchev–Trinajstić information content (AvgIpc) is 3.25. The molecule has 0 spiro atoms. The molecule has 0 bridgehead atoms. The number of nitrogens with zero attached hydrogens (tertiary/aromatic N) is 6. The van der Waals surface area contributed by atoms with E-state index in [0.717, 1.165) is 22.5 Å². The number of anilines is 4. The summed E-state index contributed by atoms with van der Waals surface area (Å²) in [4.78, 5) is 30.6. The Morgan fingerprint density at radius 2 is 2.00 bits per heavy atom. The van der Waals surface area contributed by atoms with Crippen molar-refractivity contribution in [2.45, 2.75) is 13.8 Å². The lowest BCUT2D eigenvalue weighted by Gasteiger charge is -2.16. The van der Waals surface area contributed by atoms with Gasteiger partial charge in [0.05, 0.1) is 11.2 Å². The van der Waals surface area contributed by atoms with Crippen LogP contribution in [-0.2, 0) is 4.79 Å². The van der Waals surface area contributed by atoms with Crippen LogP contribution in [0.2, 0.25) is 0 Å². The molecule has 0 aliphatic carbocycles. The monoisotopic (exact) mass is 551 g/mol. The van der Waals surface area contributed by atoms with Gasteiger partial charge in [0.15, 0.2) is 5.82 Å². The van der Waals surface area contributed by atoms with Crippen LogP contribution in [0.4, 0.5) is 28.7 Å². The highest BCUT2D eigenvalue weighted by Gasteiger charge is 2.34. The molecule has 41 heavy (non-hydrogen) atoms. The molecule has 1 aliphatic rings. The topological polar surface area (TPSA) is 132 Å². The van der Waals surface area contributed by atoms with Gasteiger partial charge >= 0.3 is 0 Å². The van der Waals surface area contributed by atoms with E-state index in [2.05, 4.69) is 32.6 Å². The van der Waals surface area contributed by atoms with Crippen molar-refractivity contribution < 1.29 is 9.53 Å². The molecule has 11 heteroatoms. The molecule has 1 saturated heterocycles. The zero-order chi connectivity index (χ0) is 29.1. The number of benzene rings is 2. The highest BCUT2D eigenvalue weighted by Crippen LogP contribution is 2.35. The second-order valence-corrected chi connectivity index (χ2v) is 10.2. The van der Waals surface area contributed by atoms with Crippen molar-refractivity contribution >= 4 is 45.6 Å². The summed E-state index contributed by atoms with van der Waals surface area (Å²) < 4.78 is 6.08. The van der Waals surface area contributed by atoms with E-state index in [1.54, 1.807) is 18.0 Å². The summed E-state index contributed by atoms with van der Waals surface area (Å²) in [5, 5.41) is 9.93. The van der Waals surface area contributed by atoms with Crippen LogP contribution in [0.3, 0.4) is 0 Å². The SMILES string of the molecule is CNc1ccc(Oc2ccc(Nc3ncnc4ccc(N5C[C@@H](C)/C(=C\CN(C)C)C5=O)nc34)cc2C)cc1N=N. The highest BCUT2D eigenvalue weighted by atomic mass is 16.5. The second-order valence-electron chi connectivity index (χ2n) is 10.2. The van der Waals surface area contributed by atoms with Crippen LogP contribution in [0.5, 0.6) is 11.5 Å². The zero-order valence-corrected chi connectivity index (χ0v) is 23.8. The number of hydrogen-bond donors (Lipinski definition) is 3. The Morgan fingerprint density at radius 1 is 1.17 bits per heavy atom. The molecular formula is C30H33N9O2. The van der Waals surface area contributed by atoms with E-state index < -0.39 is 0 Å². The minimum atomic E-state index is -0.0205. The van der Waals surface area contributed by atoms with Gasteiger partial charge in [-0.15, -0.1) is 0 Å². The molecular weight excluding hydrogens is 518 g/mol. The molecule has 0 unspecified atom stereocenters. The number of carbonyl (C=O) groups excluding carboxylic acids is 1. The molecule has 210 valence electrons. The number of hydrogen-bond acceptors (Lipinski definition) is 10. The molecule has 0 saturated carbocycles. The molecule has 4 aromatic rings. The first-order valence-corrected chi connectivity index (χ1v) is 13.3. The van der Waals surface area contributed by atoms with Crippen molar-refractivity contribution in [2.75, 3.05) is 49.8 Å². The van der Waals surface area contributed by atoms with E-state index in [0.29, 0.717) is 52.9 Å². The molecule has 5 rings (SSSR count). The van der Waals surface area contributed by atoms with Gasteiger partial charge in [0.2, 0.25) is 0 Å². The van der Waals surface area contributed by atoms with Gasteiger partial charge in [-0.3, -0.25) is 9.69 Å². The van der Waals surface area contributed by atoms with Crippen LogP contribution in [0.15, 0.2) is 71.6 Å². The lowest BCUT2D eigenvalue weighted by molar-refractivity contribution is -0.114. The molecule has 1 amide bonds. The standard InChI is InChI=1S/C30H33N9O2/c1-18-14-20(6-10-26(18)41-21-7-8-23(32-3)25(15-21)37-31)35-29-28-24(33-17-34-29)9-11-27(36-28)39-16-19(2)22(30(39)40)12-13-38(4)5/h6-12,14-15,17,19,31-32H,13,16H2,1-5H3,(H,33,34,35)/b22-12+,37-31?/t19-/m1/s1. The summed E-state index contributed by atoms with van der Waals surface area (Å²) in [6.07, 6.45) is 3.49. The molecule has 1 aliphatic heterocycles. The first kappa shape index (κ1) is 27.7. The number of carbonyl (C=O) groups is 1. The van der Waals surface area contributed by atoms with Crippen LogP contribution >= 0.6 is 0 Å². The van der Waals surface area contributed by atoms with Gasteiger partial charge in [0, 0.05) is 43.4 Å². The predicted octanol–water partition coefficient (Wildman–Crippen LogP) is 6.04. The summed E-state index contributed by atoms with van der Waals surface area (Å²) in [5.74, 6) is 2.47. The summed E-state index contributed by atoms with van der Waals surface area (Å²) in [5.41, 5.74) is 12.4. The van der Waals surface area contributed by atoms with E-state index in [-0.39, 0.29) is 11.8 Å². The van der Waals surface area contributed by atoms with Gasteiger partial charge in [-0.2, -0.15) is 5.11 Å². The minimum Gasteiger partial charge on any atom is -0.457 e. The number of nitrogens with one attached hydrogen (secondary N) is 3. The highest BCUT2D eigenvalue weighted by molar-refractivity contribution is 6.08. The van der Waals surface area contributed by atoms with E-state index >= 15 is 0 Å². The van der Waals surface area contributed by atoms with Crippen LogP contribution < -0.4 is 20.3 Å². The second kappa shape index (κ2) is 11.7. The van der Waals surface area contributed by atoms with Crippen molar-refractivity contribution in [2.24, 2.45) is 11.0 Å². The van der Waals surface area contributed by atoms with Crippen LogP contribution in [0, 0.1) is 18.4 Å². The van der Waals surface area contributed by atoms with Crippen molar-refractivity contribution in [1.82, 2.24) is 19.9 Å². The quantitative estimate of drug-likeness (QED) is 0.169. The number of amides is 1. The first-order valence-electron chi connectivity index (χ1n) is 13.3. The van der Waals surface area contributed by atoms with Gasteiger partial charge in [0.1, 0.15) is 34.8 Å². The van der Waals surface area contributed by atoms with E-state index in [1.165, 1.54) is 6.33 Å². The Bertz CT molecular complexity index is 1650. The number of rotatable bonds is 9. The number of fused-ring (bicyclic) bond motifs is 1. The van der Waals surface area contributed by atoms with Gasteiger partial charge in [0.25, 0.3) is 5.91 Å². The fourth-order valence-electron chi connectivity index (χ4n) is 4.74. The maximum atomic E-state index is 13.2. The number of pyridine rings is 1. The molecule has 1 atom stereocenters. The summed E-state index contributed by atoms with van der Waals surface area (Å²) in [7, 11) is 5.75. The molecule has 2 aromatic carbocycles. The Morgan fingerprint density at radius 3 is 2.73 bits per heavy atom. The maximum absolute atomic E-state index is 13.2. The van der Waals surface area contributed by atoms with E-state index in [1.807, 2.05) is 74.5 Å². The fourth-order valence-corrected chi connectivity index (χ4v) is 4.74. The predicted molar refractivity (Wildman–Crippen MR) is 161 cm³/mol. The molecule has 11 nitrogen and oxygen atoms in total. The maximum Gasteiger partial charge on any atom is 0.255 e. The fraction of sp³-hybridized carbons (Fsp3) is 0.267. The lowest BCUT2D eigenvalue weighted by atomic mass is 10.0. The van der Waals surface area contributed by atoms with E-state index in [9.17, 15) is 4.79 Å². The molecule has 2 aromatic heterocycles. The Kier molecular flexibility index (Phi) is 7.88. The molecule has 3 heterocycles. The Labute approximate surface area is 238 Å². The van der Waals surface area contributed by atoms with Crippen LogP contribution in [0.1, 0.15) is 12.5 Å². The van der Waals surface area contributed by atoms with Gasteiger partial charge in [-0.1, -0.05) is 13.0 Å². The lowest BCUT2D eigenvalue weighted by Crippen LogP contribution is -2.26. The largest absolute Gasteiger partial charge is 0.457 e. The van der Waals surface area contributed by atoms with Crippen molar-refractivity contribution in [1.29, 1.82) is 5.53 Å². The molecule has 3 N–H and O–H groups in total. The van der Waals surface area contributed by atoms with Gasteiger partial charge in [-0.25, -0.2) is 20.5 Å². The number of ether oxygens (including phenoxy) is 1. The van der Waals surface area contributed by atoms with Gasteiger partial charge < -0.3 is 20.3 Å². The molecule has 0 radical (unpaired) electrons. The average molecular weight is 552 g/mol. The number of aromatic nitrogens is 3. The third kappa shape index (κ3) is 5.85. The van der Waals surface area contributed by atoms with Crippen LogP contribution in [0.25, 0.3) is 11.0 Å². The Hall–Kier alpha value is -4.90. The summed E-state index contributed by atoms with van der Waals surface area (Å²) >= 11 is 0. The Balaban J connectivity index is 1.38. The summed E-state index contributed by atoms with van der Waals surface area (Å²) in [6, 6.07) is 14.8. The number of likely N-dealkylation sites (N-methyl/N-ethyl adjacent to an activating group) is 1. The van der Waals surface area contributed by atoms with Crippen LogP contribution in [-0.4, -0.2) is 60.0 Å². The van der Waals surface area contributed by atoms with Crippen molar-refractivity contribution in [3.63, 3.8) is 0 Å². The minimum absolute atomic E-state index is 0.0205. The first-order chi connectivity index (χ1) is 19.8. The normalized spacial score (nSPS) is 16.0. The third-order valence-electron chi connectivity index (χ3n) is 6.92. The molecule has 1 fully saturated rings. The van der Waals surface area contributed by atoms with Gasteiger partial charge in [-0.05, 0) is 69.0 Å². The van der Waals surface area contributed by atoms with Crippen molar-refractivity contribution in [3.05, 3.63) is 72.1 Å². The third-order valence-corrected chi connectivity index (χ3v) is 6.92. The number of aryl methyl sites for hydroxylation is 1.